The van der Waals surface area contributed by atoms with Crippen LogP contribution in [0.2, 0.25) is 0 Å². The second-order valence-electron chi connectivity index (χ2n) is 5.57. The molecule has 0 radical (unpaired) electrons. The number of rotatable bonds is 4. The fourth-order valence-electron chi connectivity index (χ4n) is 3.10. The first-order valence-corrected chi connectivity index (χ1v) is 8.26. The summed E-state index contributed by atoms with van der Waals surface area (Å²) in [6, 6.07) is 11.0. The van der Waals surface area contributed by atoms with Crippen molar-refractivity contribution in [2.24, 2.45) is 0 Å². The first kappa shape index (κ1) is 13.0. The van der Waals surface area contributed by atoms with Crippen LogP contribution in [0.15, 0.2) is 42.7 Å². The number of benzene rings is 1. The van der Waals surface area contributed by atoms with Crippen molar-refractivity contribution in [3.8, 4) is 0 Å². The van der Waals surface area contributed by atoms with E-state index in [-0.39, 0.29) is 0 Å². The maximum absolute atomic E-state index is 4.76. The molecule has 1 aromatic carbocycles. The number of para-hydroxylation sites is 1. The van der Waals surface area contributed by atoms with Crippen LogP contribution in [-0.2, 0) is 13.1 Å². The van der Waals surface area contributed by atoms with Gasteiger partial charge in [0, 0.05) is 18.4 Å². The Labute approximate surface area is 128 Å². The molecule has 0 N–H and O–H groups in total. The monoisotopic (exact) mass is 298 g/mol. The van der Waals surface area contributed by atoms with E-state index in [0.717, 1.165) is 18.6 Å². The highest BCUT2D eigenvalue weighted by Gasteiger charge is 2.25. The summed E-state index contributed by atoms with van der Waals surface area (Å²) in [5.74, 6) is 0. The van der Waals surface area contributed by atoms with Gasteiger partial charge >= 0.3 is 0 Å². The number of nitrogens with zero attached hydrogens (tertiary/aromatic N) is 4. The van der Waals surface area contributed by atoms with Crippen LogP contribution in [0, 0.1) is 0 Å². The molecule has 108 valence electrons. The lowest BCUT2D eigenvalue weighted by Gasteiger charge is -2.23. The van der Waals surface area contributed by atoms with Crippen LogP contribution in [0.25, 0.3) is 10.2 Å². The lowest BCUT2D eigenvalue weighted by Crippen LogP contribution is -2.32. The minimum Gasteiger partial charge on any atom is -0.292 e. The van der Waals surface area contributed by atoms with Crippen LogP contribution in [0.4, 0.5) is 0 Å². The van der Waals surface area contributed by atoms with Crippen molar-refractivity contribution in [2.45, 2.75) is 32.0 Å². The van der Waals surface area contributed by atoms with Gasteiger partial charge in [0.05, 0.1) is 23.3 Å². The molecule has 1 aliphatic heterocycles. The van der Waals surface area contributed by atoms with Gasteiger partial charge in [0.15, 0.2) is 0 Å². The van der Waals surface area contributed by atoms with Crippen molar-refractivity contribution in [3.05, 3.63) is 47.7 Å². The van der Waals surface area contributed by atoms with Gasteiger partial charge in [-0.1, -0.05) is 12.1 Å². The average Bonchev–Trinajstić information content (AvgIpc) is 3.21. The summed E-state index contributed by atoms with van der Waals surface area (Å²) in [5.41, 5.74) is 1.13. The zero-order chi connectivity index (χ0) is 14.1. The van der Waals surface area contributed by atoms with Gasteiger partial charge in [-0.05, 0) is 37.6 Å². The molecule has 5 heteroatoms. The molecular weight excluding hydrogens is 280 g/mol. The summed E-state index contributed by atoms with van der Waals surface area (Å²) in [7, 11) is 0. The molecule has 2 aromatic heterocycles. The molecule has 3 aromatic rings. The van der Waals surface area contributed by atoms with Gasteiger partial charge < -0.3 is 0 Å². The molecule has 0 aliphatic carbocycles. The molecule has 0 amide bonds. The van der Waals surface area contributed by atoms with Crippen LogP contribution >= 0.6 is 11.3 Å². The number of fused-ring (bicyclic) bond motifs is 1. The Kier molecular flexibility index (Phi) is 3.45. The Morgan fingerprint density at radius 3 is 3.05 bits per heavy atom. The molecule has 4 nitrogen and oxygen atoms in total. The van der Waals surface area contributed by atoms with E-state index >= 15 is 0 Å². The molecule has 1 aliphatic rings. The third-order valence-electron chi connectivity index (χ3n) is 4.13. The van der Waals surface area contributed by atoms with Gasteiger partial charge in [-0.15, -0.1) is 11.3 Å². The summed E-state index contributed by atoms with van der Waals surface area (Å²) in [4.78, 5) is 7.32. The normalized spacial score (nSPS) is 19.5. The topological polar surface area (TPSA) is 34.0 Å². The molecule has 1 saturated heterocycles. The van der Waals surface area contributed by atoms with E-state index in [9.17, 15) is 0 Å². The van der Waals surface area contributed by atoms with Crippen molar-refractivity contribution in [2.75, 3.05) is 6.54 Å². The average molecular weight is 298 g/mol. The summed E-state index contributed by atoms with van der Waals surface area (Å²) in [6.07, 6.45) is 6.43. The maximum atomic E-state index is 4.76. The number of aromatic nitrogens is 3. The molecule has 1 fully saturated rings. The van der Waals surface area contributed by atoms with Gasteiger partial charge in [-0.25, -0.2) is 4.98 Å². The molecule has 4 rings (SSSR count). The minimum atomic E-state index is 0.580. The molecular formula is C16H18N4S. The first-order valence-electron chi connectivity index (χ1n) is 7.44. The lowest BCUT2D eigenvalue weighted by atomic mass is 10.2. The highest BCUT2D eigenvalue weighted by atomic mass is 32.1. The van der Waals surface area contributed by atoms with Crippen LogP contribution in [0.3, 0.4) is 0 Å². The number of likely N-dealkylation sites (tertiary alicyclic amines) is 1. The molecule has 1 atom stereocenters. The third kappa shape index (κ3) is 2.71. The number of thiazole rings is 1. The fourth-order valence-corrected chi connectivity index (χ4v) is 4.09. The van der Waals surface area contributed by atoms with E-state index in [1.54, 1.807) is 0 Å². The molecule has 0 saturated carbocycles. The Bertz CT molecular complexity index is 686. The predicted molar refractivity (Wildman–Crippen MR) is 85.3 cm³/mol. The minimum absolute atomic E-state index is 0.580. The van der Waals surface area contributed by atoms with Crippen LogP contribution in [-0.4, -0.2) is 32.3 Å². The van der Waals surface area contributed by atoms with E-state index in [0.29, 0.717) is 6.04 Å². The lowest BCUT2D eigenvalue weighted by molar-refractivity contribution is 0.219. The van der Waals surface area contributed by atoms with Gasteiger partial charge in [0.25, 0.3) is 0 Å². The molecule has 0 spiro atoms. The number of hydrogen-bond acceptors (Lipinski definition) is 4. The quantitative estimate of drug-likeness (QED) is 0.742. The smallest absolute Gasteiger partial charge is 0.108 e. The van der Waals surface area contributed by atoms with Gasteiger partial charge in [-0.3, -0.25) is 9.58 Å². The van der Waals surface area contributed by atoms with Gasteiger partial charge in [0.1, 0.15) is 5.01 Å². The SMILES string of the molecule is c1ccc2sc(CN3CCC[C@H]3Cn3cccn3)nc2c1. The Morgan fingerprint density at radius 1 is 1.24 bits per heavy atom. The van der Waals surface area contributed by atoms with Crippen molar-refractivity contribution in [1.29, 1.82) is 0 Å². The van der Waals surface area contributed by atoms with Crippen LogP contribution in [0.5, 0.6) is 0 Å². The second kappa shape index (κ2) is 5.58. The second-order valence-corrected chi connectivity index (χ2v) is 6.69. The molecule has 0 bridgehead atoms. The highest BCUT2D eigenvalue weighted by Crippen LogP contribution is 2.26. The first-order chi connectivity index (χ1) is 10.4. The van der Waals surface area contributed by atoms with Crippen molar-refractivity contribution < 1.29 is 0 Å². The number of hydrogen-bond donors (Lipinski definition) is 0. The van der Waals surface area contributed by atoms with E-state index in [2.05, 4.69) is 34.3 Å². The largest absolute Gasteiger partial charge is 0.292 e. The molecule has 3 heterocycles. The summed E-state index contributed by atoms with van der Waals surface area (Å²) in [6.45, 7) is 3.12. The van der Waals surface area contributed by atoms with E-state index in [4.69, 9.17) is 4.98 Å². The van der Waals surface area contributed by atoms with Crippen molar-refractivity contribution in [1.82, 2.24) is 19.7 Å². The fraction of sp³-hybridized carbons (Fsp3) is 0.375. The maximum Gasteiger partial charge on any atom is 0.108 e. The summed E-state index contributed by atoms with van der Waals surface area (Å²) < 4.78 is 3.33. The summed E-state index contributed by atoms with van der Waals surface area (Å²) >= 11 is 1.82. The van der Waals surface area contributed by atoms with Crippen LogP contribution in [0.1, 0.15) is 17.8 Å². The van der Waals surface area contributed by atoms with E-state index in [1.165, 1.54) is 29.1 Å². The Balaban J connectivity index is 1.49. The molecule has 21 heavy (non-hydrogen) atoms. The third-order valence-corrected chi connectivity index (χ3v) is 5.15. The van der Waals surface area contributed by atoms with Crippen LogP contribution < -0.4 is 0 Å². The predicted octanol–water partition coefficient (Wildman–Crippen LogP) is 3.16. The van der Waals surface area contributed by atoms with Crippen molar-refractivity contribution in [3.63, 3.8) is 0 Å². The Morgan fingerprint density at radius 2 is 2.19 bits per heavy atom. The van der Waals surface area contributed by atoms with Gasteiger partial charge in [0.2, 0.25) is 0 Å². The van der Waals surface area contributed by atoms with E-state index in [1.807, 2.05) is 34.5 Å². The molecule has 0 unspecified atom stereocenters. The highest BCUT2D eigenvalue weighted by molar-refractivity contribution is 7.18. The van der Waals surface area contributed by atoms with Gasteiger partial charge in [-0.2, -0.15) is 5.10 Å². The summed E-state index contributed by atoms with van der Waals surface area (Å²) in [5, 5.41) is 5.56. The van der Waals surface area contributed by atoms with Crippen molar-refractivity contribution >= 4 is 21.6 Å². The van der Waals surface area contributed by atoms with E-state index < -0.39 is 0 Å². The zero-order valence-electron chi connectivity index (χ0n) is 11.9. The zero-order valence-corrected chi connectivity index (χ0v) is 12.7. The Hall–Kier alpha value is -1.72. The standard InChI is InChI=1S/C16H18N4S/c1-2-7-15-14(6-1)18-16(21-15)12-19-9-3-5-13(19)11-20-10-4-8-17-20/h1-2,4,6-8,10,13H,3,5,9,11-12H2/t13-/m0/s1.